The third-order valence-corrected chi connectivity index (χ3v) is 3.64. The second kappa shape index (κ2) is 13.1. The van der Waals surface area contributed by atoms with Gasteiger partial charge in [-0.1, -0.05) is 13.8 Å². The first kappa shape index (κ1) is 25.8. The number of carboxylic acids is 2. The molecule has 2 heterocycles. The molecular weight excluding hydrogens is 380 g/mol. The number of aromatic hydroxyl groups is 2. The van der Waals surface area contributed by atoms with Gasteiger partial charge < -0.3 is 35.1 Å². The van der Waals surface area contributed by atoms with E-state index in [1.165, 1.54) is 0 Å². The second-order valence-electron chi connectivity index (χ2n) is 6.13. The molecule has 0 aliphatic heterocycles. The van der Waals surface area contributed by atoms with Crippen LogP contribution in [-0.2, 0) is 22.4 Å². The van der Waals surface area contributed by atoms with E-state index in [0.29, 0.717) is 11.5 Å². The fourth-order valence-corrected chi connectivity index (χ4v) is 2.08. The number of aromatic nitrogens is 2. The number of carbonyl (C=O) groups is 2. The number of aromatic amines is 2. The van der Waals surface area contributed by atoms with Crippen molar-refractivity contribution >= 4 is 11.9 Å². The predicted molar refractivity (Wildman–Crippen MR) is 98.2 cm³/mol. The fraction of sp³-hybridized carbons (Fsp3) is 0.400. The van der Waals surface area contributed by atoms with Gasteiger partial charge >= 0.3 is 0 Å². The number of aliphatic hydroxyl groups is 1. The molecule has 9 nitrogen and oxygen atoms in total. The normalized spacial score (nSPS) is 10.7. The minimum absolute atomic E-state index is 0.355. The Hall–Kier alpha value is -3.20. The molecule has 0 saturated carbocycles. The van der Waals surface area contributed by atoms with Crippen LogP contribution in [0.1, 0.15) is 43.0 Å². The van der Waals surface area contributed by atoms with Crippen LogP contribution in [0.2, 0.25) is 0 Å². The van der Waals surface area contributed by atoms with E-state index in [1.807, 2.05) is 39.8 Å². The minimum atomic E-state index is -1.96. The monoisotopic (exact) mass is 408 g/mol. The Morgan fingerprint density at radius 1 is 0.897 bits per heavy atom. The third-order valence-electron chi connectivity index (χ3n) is 3.64. The number of aliphatic carboxylic acids is 2. The van der Waals surface area contributed by atoms with Crippen LogP contribution in [0.3, 0.4) is 0 Å². The number of nitrogens with one attached hydrogen (secondary N) is 2. The molecule has 0 saturated heterocycles. The topological polar surface area (TPSA) is 169 Å². The Bertz CT molecular complexity index is 758. The summed E-state index contributed by atoms with van der Waals surface area (Å²) in [5, 5.41) is 45.8. The minimum Gasteiger partial charge on any atom is -0.550 e. The average molecular weight is 408 g/mol. The first-order valence-electron chi connectivity index (χ1n) is 9.02. The van der Waals surface area contributed by atoms with Gasteiger partial charge in [0.15, 0.2) is 22.9 Å². The number of pyridine rings is 2. The van der Waals surface area contributed by atoms with Gasteiger partial charge in [0.2, 0.25) is 11.4 Å². The Kier molecular flexibility index (Phi) is 11.6. The number of aliphatic hydroxyl groups excluding tert-OH is 1. The van der Waals surface area contributed by atoms with Crippen LogP contribution < -0.4 is 20.2 Å². The van der Waals surface area contributed by atoms with Crippen LogP contribution >= 0.6 is 0 Å². The van der Waals surface area contributed by atoms with Crippen LogP contribution in [0.15, 0.2) is 24.3 Å². The zero-order valence-electron chi connectivity index (χ0n) is 17.0. The van der Waals surface area contributed by atoms with Gasteiger partial charge in [-0.15, -0.1) is 0 Å². The van der Waals surface area contributed by atoms with Crippen molar-refractivity contribution < 1.29 is 45.1 Å². The molecule has 2 aromatic heterocycles. The first-order chi connectivity index (χ1) is 13.5. The summed E-state index contributed by atoms with van der Waals surface area (Å²) in [5.41, 5.74) is 3.96. The Balaban J connectivity index is 0.000000407. The Morgan fingerprint density at radius 3 is 1.48 bits per heavy atom. The summed E-state index contributed by atoms with van der Waals surface area (Å²) in [6.07, 6.45) is -1.21. The van der Waals surface area contributed by atoms with Gasteiger partial charge in [-0.25, -0.2) is 9.97 Å². The second-order valence-corrected chi connectivity index (χ2v) is 6.13. The molecule has 0 bridgehead atoms. The van der Waals surface area contributed by atoms with Gasteiger partial charge in [-0.3, -0.25) is 0 Å². The van der Waals surface area contributed by atoms with Crippen LogP contribution in [0.5, 0.6) is 11.5 Å². The number of aryl methyl sites for hydroxylation is 4. The highest BCUT2D eigenvalue weighted by molar-refractivity contribution is 5.77. The molecule has 29 heavy (non-hydrogen) atoms. The molecule has 5 N–H and O–H groups in total. The van der Waals surface area contributed by atoms with Crippen molar-refractivity contribution in [2.45, 2.75) is 53.1 Å². The molecule has 0 spiro atoms. The molecule has 0 aromatic carbocycles. The van der Waals surface area contributed by atoms with Gasteiger partial charge in [-0.2, -0.15) is 0 Å². The van der Waals surface area contributed by atoms with E-state index in [1.54, 1.807) is 12.1 Å². The maximum Gasteiger partial charge on any atom is 0.221 e. The molecule has 0 aliphatic carbocycles. The maximum atomic E-state index is 9.58. The van der Waals surface area contributed by atoms with E-state index in [4.69, 9.17) is 5.11 Å². The summed E-state index contributed by atoms with van der Waals surface area (Å²) in [5.74, 6) is -2.72. The van der Waals surface area contributed by atoms with Gasteiger partial charge in [0.25, 0.3) is 0 Å². The van der Waals surface area contributed by atoms with Crippen LogP contribution in [0.25, 0.3) is 0 Å². The Labute approximate surface area is 169 Å². The lowest BCUT2D eigenvalue weighted by molar-refractivity contribution is -0.400. The fourth-order valence-electron chi connectivity index (χ4n) is 2.08. The largest absolute Gasteiger partial charge is 0.550 e. The molecule has 1 unspecified atom stereocenters. The highest BCUT2D eigenvalue weighted by atomic mass is 16.4. The summed E-state index contributed by atoms with van der Waals surface area (Å²) >= 11 is 0. The zero-order chi connectivity index (χ0) is 22.6. The van der Waals surface area contributed by atoms with Gasteiger partial charge in [0.05, 0.1) is 12.1 Å². The van der Waals surface area contributed by atoms with E-state index in [-0.39, 0.29) is 0 Å². The number of carboxylic acid groups (broad SMARTS) is 2. The van der Waals surface area contributed by atoms with Crippen molar-refractivity contribution in [3.05, 3.63) is 47.0 Å². The molecule has 0 amide bonds. The lowest BCUT2D eigenvalue weighted by Crippen LogP contribution is -2.39. The number of carbonyl (C=O) groups excluding carboxylic acids is 2. The van der Waals surface area contributed by atoms with Gasteiger partial charge in [0, 0.05) is 51.2 Å². The molecule has 0 aliphatic rings. The third kappa shape index (κ3) is 10.6. The lowest BCUT2D eigenvalue weighted by atomic mass is 10.2. The highest BCUT2D eigenvalue weighted by Crippen LogP contribution is 2.11. The number of H-pyrrole nitrogens is 2. The van der Waals surface area contributed by atoms with Crippen LogP contribution in [-0.4, -0.2) is 33.4 Å². The quantitative estimate of drug-likeness (QED) is 0.534. The van der Waals surface area contributed by atoms with E-state index in [9.17, 15) is 30.0 Å². The summed E-state index contributed by atoms with van der Waals surface area (Å²) in [7, 11) is 0. The maximum absolute atomic E-state index is 9.58. The molecule has 0 fully saturated rings. The van der Waals surface area contributed by atoms with Crippen LogP contribution in [0.4, 0.5) is 0 Å². The average Bonchev–Trinajstić information content (AvgIpc) is 2.66. The number of rotatable bonds is 5. The summed E-state index contributed by atoms with van der Waals surface area (Å²) in [6, 6.07) is 7.14. The summed E-state index contributed by atoms with van der Waals surface area (Å²) in [6.45, 7) is 7.95. The zero-order valence-corrected chi connectivity index (χ0v) is 17.0. The summed E-state index contributed by atoms with van der Waals surface area (Å²) in [4.78, 5) is 25.3. The predicted octanol–water partition coefficient (Wildman–Crippen LogP) is -1.61. The van der Waals surface area contributed by atoms with E-state index in [0.717, 1.165) is 35.6 Å². The van der Waals surface area contributed by atoms with Crippen molar-refractivity contribution in [2.24, 2.45) is 0 Å². The van der Waals surface area contributed by atoms with Crippen molar-refractivity contribution in [3.63, 3.8) is 0 Å². The smallest absolute Gasteiger partial charge is 0.221 e. The molecular formula is C20H28N2O7. The van der Waals surface area contributed by atoms with E-state index < -0.39 is 24.5 Å². The van der Waals surface area contributed by atoms with Crippen molar-refractivity contribution in [2.75, 3.05) is 0 Å². The molecule has 2 rings (SSSR count). The SMILES string of the molecule is CCc1[nH+]c(C)ccc1O.CCc1[nH+]c(C)ccc1O.O=C([O-])CC(O)C(=O)[O-]. The highest BCUT2D eigenvalue weighted by Gasteiger charge is 2.06. The van der Waals surface area contributed by atoms with E-state index in [2.05, 4.69) is 9.97 Å². The molecule has 0 radical (unpaired) electrons. The molecule has 9 heteroatoms. The molecule has 2 aromatic rings. The standard InChI is InChI=1S/2C8H11NO.C4H6O5/c2*1-3-7-8(10)5-4-6(2)9-7;5-2(4(8)9)1-3(6)7/h2*4-5,10H,3H2,1-2H3;2,5H,1H2,(H,6,7)(H,8,9). The van der Waals surface area contributed by atoms with E-state index >= 15 is 0 Å². The van der Waals surface area contributed by atoms with Gasteiger partial charge in [0.1, 0.15) is 0 Å². The summed E-state index contributed by atoms with van der Waals surface area (Å²) < 4.78 is 0. The van der Waals surface area contributed by atoms with Crippen molar-refractivity contribution in [1.29, 1.82) is 0 Å². The molecule has 160 valence electrons. The number of hydrogen-bond acceptors (Lipinski definition) is 7. The number of hydrogen-bond donors (Lipinski definition) is 3. The Morgan fingerprint density at radius 2 is 1.28 bits per heavy atom. The van der Waals surface area contributed by atoms with Crippen molar-refractivity contribution in [1.82, 2.24) is 0 Å². The molecule has 1 atom stereocenters. The first-order valence-corrected chi connectivity index (χ1v) is 9.02. The van der Waals surface area contributed by atoms with Crippen LogP contribution in [0, 0.1) is 13.8 Å². The van der Waals surface area contributed by atoms with Crippen molar-refractivity contribution in [3.8, 4) is 11.5 Å². The van der Waals surface area contributed by atoms with Gasteiger partial charge in [-0.05, 0) is 12.1 Å². The lowest BCUT2D eigenvalue weighted by Gasteiger charge is -2.10.